The van der Waals surface area contributed by atoms with Crippen molar-refractivity contribution in [3.8, 4) is 5.88 Å². The number of hydrogen-bond donors (Lipinski definition) is 1. The summed E-state index contributed by atoms with van der Waals surface area (Å²) in [7, 11) is 1.71. The van der Waals surface area contributed by atoms with Crippen LogP contribution in [0.4, 0.5) is 11.5 Å². The van der Waals surface area contributed by atoms with Crippen molar-refractivity contribution in [2.24, 2.45) is 0 Å². The van der Waals surface area contributed by atoms with E-state index >= 15 is 0 Å². The number of carbonyl (C=O) groups is 1. The maximum absolute atomic E-state index is 13.3. The summed E-state index contributed by atoms with van der Waals surface area (Å²) in [6, 6.07) is 6.06. The number of hydrogen-bond acceptors (Lipinski definition) is 6. The fraction of sp³-hybridized carbons (Fsp3) is 0.409. The average Bonchev–Trinajstić information content (AvgIpc) is 3.00. The normalized spacial score (nSPS) is 14.5. The molecule has 0 radical (unpaired) electrons. The molecule has 2 N–H and O–H groups in total. The van der Waals surface area contributed by atoms with E-state index in [2.05, 4.69) is 33.7 Å². The van der Waals surface area contributed by atoms with Gasteiger partial charge in [-0.2, -0.15) is 0 Å². The fourth-order valence-electron chi connectivity index (χ4n) is 3.88. The van der Waals surface area contributed by atoms with Gasteiger partial charge in [-0.3, -0.25) is 4.79 Å². The summed E-state index contributed by atoms with van der Waals surface area (Å²) in [5, 5.41) is 1.06. The van der Waals surface area contributed by atoms with Gasteiger partial charge in [-0.05, 0) is 38.5 Å². The highest BCUT2D eigenvalue weighted by atomic mass is 16.5. The van der Waals surface area contributed by atoms with Gasteiger partial charge in [0.2, 0.25) is 5.88 Å². The Balaban J connectivity index is 1.84. The summed E-state index contributed by atoms with van der Waals surface area (Å²) >= 11 is 0. The molecule has 0 atom stereocenters. The first-order chi connectivity index (χ1) is 14.4. The Labute approximate surface area is 175 Å². The van der Waals surface area contributed by atoms with Crippen molar-refractivity contribution in [2.45, 2.75) is 39.3 Å². The highest BCUT2D eigenvalue weighted by molar-refractivity contribution is 6.11. The first-order valence-corrected chi connectivity index (χ1v) is 10.1. The Morgan fingerprint density at radius 1 is 1.30 bits per heavy atom. The van der Waals surface area contributed by atoms with E-state index < -0.39 is 5.60 Å². The second-order valence-corrected chi connectivity index (χ2v) is 7.90. The van der Waals surface area contributed by atoms with Crippen molar-refractivity contribution < 1.29 is 14.3 Å². The van der Waals surface area contributed by atoms with Crippen LogP contribution in [0.25, 0.3) is 10.9 Å². The van der Waals surface area contributed by atoms with Crippen LogP contribution in [0, 0.1) is 0 Å². The van der Waals surface area contributed by atoms with Gasteiger partial charge in [-0.1, -0.05) is 6.92 Å². The third-order valence-corrected chi connectivity index (χ3v) is 5.65. The monoisotopic (exact) mass is 409 g/mol. The summed E-state index contributed by atoms with van der Waals surface area (Å²) in [6.45, 7) is 7.86. The Hall–Kier alpha value is -3.13. The fourth-order valence-corrected chi connectivity index (χ4v) is 3.88. The molecule has 8 heteroatoms. The second-order valence-electron chi connectivity index (χ2n) is 7.90. The number of ether oxygens (including phenoxy) is 2. The first kappa shape index (κ1) is 20.2. The molecular formula is C22H27N5O3. The zero-order valence-electron chi connectivity index (χ0n) is 17.8. The molecule has 0 unspecified atom stereocenters. The van der Waals surface area contributed by atoms with Crippen molar-refractivity contribution in [3.05, 3.63) is 41.9 Å². The van der Waals surface area contributed by atoms with Gasteiger partial charge in [0.15, 0.2) is 0 Å². The van der Waals surface area contributed by atoms with Crippen LogP contribution in [-0.4, -0.2) is 40.7 Å². The number of amides is 1. The molecule has 0 saturated heterocycles. The van der Waals surface area contributed by atoms with Gasteiger partial charge < -0.3 is 24.7 Å². The molecule has 0 aliphatic carbocycles. The van der Waals surface area contributed by atoms with Crippen molar-refractivity contribution in [1.82, 2.24) is 14.5 Å². The van der Waals surface area contributed by atoms with Gasteiger partial charge in [-0.25, -0.2) is 9.97 Å². The lowest BCUT2D eigenvalue weighted by Crippen LogP contribution is -2.32. The summed E-state index contributed by atoms with van der Waals surface area (Å²) in [4.78, 5) is 23.0. The van der Waals surface area contributed by atoms with Crippen LogP contribution in [0.5, 0.6) is 5.88 Å². The first-order valence-electron chi connectivity index (χ1n) is 10.1. The largest absolute Gasteiger partial charge is 0.475 e. The van der Waals surface area contributed by atoms with E-state index in [1.54, 1.807) is 12.0 Å². The molecule has 8 nitrogen and oxygen atoms in total. The van der Waals surface area contributed by atoms with Crippen LogP contribution in [0.1, 0.15) is 43.1 Å². The molecule has 2 aromatic heterocycles. The van der Waals surface area contributed by atoms with Crippen LogP contribution in [0.3, 0.4) is 0 Å². The molecule has 1 amide bonds. The van der Waals surface area contributed by atoms with Gasteiger partial charge in [-0.15, -0.1) is 0 Å². The molecular weight excluding hydrogens is 382 g/mol. The number of nitrogens with zero attached hydrogens (tertiary/aromatic N) is 4. The number of benzene rings is 1. The number of carbonyl (C=O) groups excluding carboxylic acids is 1. The Morgan fingerprint density at radius 2 is 2.10 bits per heavy atom. The number of methoxy groups -OCH3 is 1. The number of nitrogen functional groups attached to an aromatic ring is 1. The molecule has 3 heterocycles. The minimum atomic E-state index is -0.466. The Morgan fingerprint density at radius 3 is 2.83 bits per heavy atom. The molecule has 0 saturated carbocycles. The van der Waals surface area contributed by atoms with Crippen LogP contribution < -0.4 is 15.4 Å². The number of anilines is 2. The van der Waals surface area contributed by atoms with E-state index in [0.717, 1.165) is 35.1 Å². The molecule has 30 heavy (non-hydrogen) atoms. The van der Waals surface area contributed by atoms with Crippen LogP contribution in [0.15, 0.2) is 30.7 Å². The van der Waals surface area contributed by atoms with Crippen LogP contribution in [-0.2, 0) is 16.9 Å². The number of rotatable bonds is 5. The Kier molecular flexibility index (Phi) is 5.11. The van der Waals surface area contributed by atoms with Crippen LogP contribution in [0.2, 0.25) is 0 Å². The van der Waals surface area contributed by atoms with E-state index in [-0.39, 0.29) is 23.2 Å². The third-order valence-electron chi connectivity index (χ3n) is 5.65. The van der Waals surface area contributed by atoms with E-state index in [4.69, 9.17) is 15.2 Å². The molecule has 0 fully saturated rings. The maximum atomic E-state index is 13.3. The quantitative estimate of drug-likeness (QED) is 0.694. The SMILES string of the molecule is CCCn1cc(C(C)(C)OC)c2cc(N3CCOc4ncnc(N)c4C3=O)ccc21. The third kappa shape index (κ3) is 3.27. The van der Waals surface area contributed by atoms with Gasteiger partial charge in [0.05, 0.1) is 12.1 Å². The summed E-state index contributed by atoms with van der Waals surface area (Å²) in [5.74, 6) is 0.0835. The molecule has 1 aliphatic rings. The second kappa shape index (κ2) is 7.60. The predicted molar refractivity (Wildman–Crippen MR) is 116 cm³/mol. The molecule has 4 rings (SSSR count). The Bertz CT molecular complexity index is 1110. The molecule has 0 bridgehead atoms. The number of nitrogens with two attached hydrogens (primary N) is 1. The van der Waals surface area contributed by atoms with Crippen molar-refractivity contribution >= 4 is 28.3 Å². The van der Waals surface area contributed by atoms with Gasteiger partial charge in [0.25, 0.3) is 5.91 Å². The summed E-state index contributed by atoms with van der Waals surface area (Å²) in [6.07, 6.45) is 4.48. The topological polar surface area (TPSA) is 95.5 Å². The zero-order valence-corrected chi connectivity index (χ0v) is 17.8. The van der Waals surface area contributed by atoms with Crippen molar-refractivity contribution in [1.29, 1.82) is 0 Å². The summed E-state index contributed by atoms with van der Waals surface area (Å²) < 4.78 is 13.7. The van der Waals surface area contributed by atoms with Crippen LogP contribution >= 0.6 is 0 Å². The lowest BCUT2D eigenvalue weighted by atomic mass is 9.97. The minimum absolute atomic E-state index is 0.119. The molecule has 1 aromatic carbocycles. The van der Waals surface area contributed by atoms with E-state index in [1.165, 1.54) is 6.33 Å². The standard InChI is InChI=1S/C22H27N5O3/c1-5-8-26-12-16(22(2,3)29-4)15-11-14(6-7-17(15)26)27-9-10-30-20-18(21(27)28)19(23)24-13-25-20/h6-7,11-13H,5,8-10H2,1-4H3,(H2,23,24,25). The number of fused-ring (bicyclic) bond motifs is 2. The van der Waals surface area contributed by atoms with Gasteiger partial charge in [0, 0.05) is 42.0 Å². The van der Waals surface area contributed by atoms with E-state index in [9.17, 15) is 4.79 Å². The zero-order chi connectivity index (χ0) is 21.5. The molecule has 0 spiro atoms. The maximum Gasteiger partial charge on any atom is 0.267 e. The van der Waals surface area contributed by atoms with E-state index in [1.807, 2.05) is 26.0 Å². The van der Waals surface area contributed by atoms with Crippen molar-refractivity contribution in [2.75, 3.05) is 30.9 Å². The van der Waals surface area contributed by atoms with Gasteiger partial charge in [0.1, 0.15) is 24.3 Å². The lowest BCUT2D eigenvalue weighted by Gasteiger charge is -2.24. The highest BCUT2D eigenvalue weighted by Crippen LogP contribution is 2.36. The summed E-state index contributed by atoms with van der Waals surface area (Å²) in [5.41, 5.74) is 8.68. The smallest absolute Gasteiger partial charge is 0.267 e. The molecule has 158 valence electrons. The highest BCUT2D eigenvalue weighted by Gasteiger charge is 2.30. The van der Waals surface area contributed by atoms with Gasteiger partial charge >= 0.3 is 0 Å². The minimum Gasteiger partial charge on any atom is -0.475 e. The lowest BCUT2D eigenvalue weighted by molar-refractivity contribution is 0.0203. The van der Waals surface area contributed by atoms with Crippen molar-refractivity contribution in [3.63, 3.8) is 0 Å². The van der Waals surface area contributed by atoms with E-state index in [0.29, 0.717) is 13.2 Å². The predicted octanol–water partition coefficient (Wildman–Crippen LogP) is 3.34. The number of aromatic nitrogens is 3. The average molecular weight is 409 g/mol. The number of aryl methyl sites for hydroxylation is 1. The molecule has 3 aromatic rings. The molecule has 1 aliphatic heterocycles.